The Morgan fingerprint density at radius 2 is 1.85 bits per heavy atom. The summed E-state index contributed by atoms with van der Waals surface area (Å²) in [5.41, 5.74) is 0.377. The lowest BCUT2D eigenvalue weighted by Gasteiger charge is -2.56. The zero-order valence-electron chi connectivity index (χ0n) is 11.8. The molecule has 0 radical (unpaired) electrons. The fourth-order valence-electron chi connectivity index (χ4n) is 5.41. The maximum absolute atomic E-state index is 12.3. The second-order valence-corrected chi connectivity index (χ2v) is 8.37. The number of furan rings is 1. The second-order valence-electron chi connectivity index (χ2n) is 7.33. The maximum Gasteiger partial charge on any atom is 0.189 e. The molecule has 108 valence electrons. The van der Waals surface area contributed by atoms with E-state index in [1.807, 2.05) is 12.1 Å². The van der Waals surface area contributed by atoms with Crippen LogP contribution in [0, 0.1) is 23.2 Å². The van der Waals surface area contributed by atoms with Gasteiger partial charge in [-0.05, 0) is 73.8 Å². The zero-order chi connectivity index (χ0) is 13.6. The standard InChI is InChI=1S/C17H22O2S/c18-16(20-11-15-2-1-3-19-15)10-17-7-12-4-13(8-17)6-14(5-12)9-17/h1-3,12-14H,4-11H2. The van der Waals surface area contributed by atoms with Crippen LogP contribution in [0.5, 0.6) is 0 Å². The molecule has 4 saturated carbocycles. The highest BCUT2D eigenvalue weighted by Crippen LogP contribution is 2.61. The quantitative estimate of drug-likeness (QED) is 0.809. The Kier molecular flexibility index (Phi) is 3.21. The van der Waals surface area contributed by atoms with Gasteiger partial charge in [0.15, 0.2) is 5.12 Å². The smallest absolute Gasteiger partial charge is 0.189 e. The molecule has 4 aliphatic carbocycles. The van der Waals surface area contributed by atoms with E-state index in [4.69, 9.17) is 4.42 Å². The molecule has 3 heteroatoms. The molecule has 0 aromatic carbocycles. The summed E-state index contributed by atoms with van der Waals surface area (Å²) in [5.74, 6) is 4.41. The second kappa shape index (κ2) is 4.94. The zero-order valence-corrected chi connectivity index (χ0v) is 12.7. The Morgan fingerprint density at radius 1 is 1.20 bits per heavy atom. The van der Waals surface area contributed by atoms with Crippen molar-refractivity contribution in [2.75, 3.05) is 0 Å². The van der Waals surface area contributed by atoms with E-state index in [1.165, 1.54) is 50.3 Å². The van der Waals surface area contributed by atoms with Crippen LogP contribution in [-0.4, -0.2) is 5.12 Å². The van der Waals surface area contributed by atoms with Crippen molar-refractivity contribution in [3.05, 3.63) is 24.2 Å². The topological polar surface area (TPSA) is 30.2 Å². The Morgan fingerprint density at radius 3 is 2.40 bits per heavy atom. The third kappa shape index (κ3) is 2.45. The van der Waals surface area contributed by atoms with Crippen molar-refractivity contribution in [3.63, 3.8) is 0 Å². The van der Waals surface area contributed by atoms with Crippen molar-refractivity contribution >= 4 is 16.9 Å². The van der Waals surface area contributed by atoms with Gasteiger partial charge in [0, 0.05) is 6.42 Å². The van der Waals surface area contributed by atoms with Crippen molar-refractivity contribution in [2.45, 2.75) is 50.7 Å². The fraction of sp³-hybridized carbons (Fsp3) is 0.706. The van der Waals surface area contributed by atoms with Crippen LogP contribution in [-0.2, 0) is 10.5 Å². The number of hydrogen-bond acceptors (Lipinski definition) is 3. The lowest BCUT2D eigenvalue weighted by molar-refractivity contribution is -0.119. The molecule has 4 bridgehead atoms. The van der Waals surface area contributed by atoms with Gasteiger partial charge in [-0.1, -0.05) is 11.8 Å². The summed E-state index contributed by atoms with van der Waals surface area (Å²) in [4.78, 5) is 12.3. The summed E-state index contributed by atoms with van der Waals surface area (Å²) in [6.45, 7) is 0. The number of carbonyl (C=O) groups excluding carboxylic acids is 1. The van der Waals surface area contributed by atoms with Gasteiger partial charge in [-0.25, -0.2) is 0 Å². The molecule has 0 atom stereocenters. The molecule has 5 rings (SSSR count). The molecule has 1 aromatic heterocycles. The monoisotopic (exact) mass is 290 g/mol. The normalized spacial score (nSPS) is 38.3. The van der Waals surface area contributed by atoms with E-state index >= 15 is 0 Å². The van der Waals surface area contributed by atoms with Gasteiger partial charge in [0.25, 0.3) is 0 Å². The van der Waals surface area contributed by atoms with Crippen molar-refractivity contribution in [3.8, 4) is 0 Å². The van der Waals surface area contributed by atoms with Crippen molar-refractivity contribution < 1.29 is 9.21 Å². The van der Waals surface area contributed by atoms with E-state index < -0.39 is 0 Å². The lowest BCUT2D eigenvalue weighted by atomic mass is 9.49. The molecule has 4 fully saturated rings. The average Bonchev–Trinajstić information content (AvgIpc) is 2.87. The Balaban J connectivity index is 1.37. The van der Waals surface area contributed by atoms with Crippen LogP contribution in [0.3, 0.4) is 0 Å². The molecule has 0 amide bonds. The van der Waals surface area contributed by atoms with E-state index in [1.54, 1.807) is 6.26 Å². The van der Waals surface area contributed by atoms with E-state index in [9.17, 15) is 4.79 Å². The first-order valence-electron chi connectivity index (χ1n) is 7.89. The van der Waals surface area contributed by atoms with Gasteiger partial charge < -0.3 is 4.42 Å². The predicted octanol–water partition coefficient (Wildman–Crippen LogP) is 4.65. The third-order valence-electron chi connectivity index (χ3n) is 5.64. The molecule has 4 aliphatic rings. The SMILES string of the molecule is O=C(CC12CC3CC(CC(C3)C1)C2)SCc1ccco1. The molecule has 20 heavy (non-hydrogen) atoms. The van der Waals surface area contributed by atoms with E-state index in [0.29, 0.717) is 16.3 Å². The van der Waals surface area contributed by atoms with E-state index in [2.05, 4.69) is 0 Å². The molecule has 2 nitrogen and oxygen atoms in total. The summed E-state index contributed by atoms with van der Waals surface area (Å²) in [6.07, 6.45) is 10.8. The first kappa shape index (κ1) is 13.0. The van der Waals surface area contributed by atoms with E-state index in [-0.39, 0.29) is 0 Å². The van der Waals surface area contributed by atoms with Crippen molar-refractivity contribution in [1.82, 2.24) is 0 Å². The van der Waals surface area contributed by atoms with Crippen LogP contribution in [0.2, 0.25) is 0 Å². The molecule has 0 spiro atoms. The van der Waals surface area contributed by atoms with Crippen LogP contribution in [0.25, 0.3) is 0 Å². The summed E-state index contributed by atoms with van der Waals surface area (Å²) < 4.78 is 5.30. The molecule has 1 aromatic rings. The van der Waals surface area contributed by atoms with Gasteiger partial charge in [-0.2, -0.15) is 0 Å². The summed E-state index contributed by atoms with van der Waals surface area (Å²) in [5, 5.41) is 0.378. The van der Waals surface area contributed by atoms with Gasteiger partial charge in [-0.15, -0.1) is 0 Å². The molecule has 1 heterocycles. The third-order valence-corrected chi connectivity index (χ3v) is 6.54. The lowest BCUT2D eigenvalue weighted by Crippen LogP contribution is -2.46. The largest absolute Gasteiger partial charge is 0.468 e. The maximum atomic E-state index is 12.3. The molecule has 0 saturated heterocycles. The molecule has 0 unspecified atom stereocenters. The first-order chi connectivity index (χ1) is 9.71. The minimum Gasteiger partial charge on any atom is -0.468 e. The highest BCUT2D eigenvalue weighted by Gasteiger charge is 2.51. The van der Waals surface area contributed by atoms with Gasteiger partial charge in [0.1, 0.15) is 5.76 Å². The van der Waals surface area contributed by atoms with Crippen LogP contribution in [0.1, 0.15) is 50.7 Å². The van der Waals surface area contributed by atoms with Gasteiger partial charge in [-0.3, -0.25) is 4.79 Å². The fourth-order valence-corrected chi connectivity index (χ4v) is 6.29. The van der Waals surface area contributed by atoms with Crippen molar-refractivity contribution in [2.24, 2.45) is 23.2 Å². The Hall–Kier alpha value is -0.700. The van der Waals surface area contributed by atoms with Crippen LogP contribution >= 0.6 is 11.8 Å². The minimum absolute atomic E-state index is 0.377. The van der Waals surface area contributed by atoms with Crippen LogP contribution in [0.15, 0.2) is 22.8 Å². The van der Waals surface area contributed by atoms with Gasteiger partial charge >= 0.3 is 0 Å². The molecule has 0 aliphatic heterocycles. The van der Waals surface area contributed by atoms with Gasteiger partial charge in [0.05, 0.1) is 12.0 Å². The van der Waals surface area contributed by atoms with Gasteiger partial charge in [0.2, 0.25) is 0 Å². The average molecular weight is 290 g/mol. The number of thioether (sulfide) groups is 1. The minimum atomic E-state index is 0.377. The number of rotatable bonds is 4. The summed E-state index contributed by atoms with van der Waals surface area (Å²) in [7, 11) is 0. The van der Waals surface area contributed by atoms with Crippen LogP contribution < -0.4 is 0 Å². The Labute approximate surface area is 124 Å². The molecular formula is C17H22O2S. The van der Waals surface area contributed by atoms with E-state index in [0.717, 1.165) is 29.9 Å². The highest BCUT2D eigenvalue weighted by molar-refractivity contribution is 8.12. The molecular weight excluding hydrogens is 268 g/mol. The highest BCUT2D eigenvalue weighted by atomic mass is 32.2. The predicted molar refractivity (Wildman–Crippen MR) is 80.2 cm³/mol. The molecule has 0 N–H and O–H groups in total. The number of carbonyl (C=O) groups is 1. The summed E-state index contributed by atoms with van der Waals surface area (Å²) >= 11 is 1.45. The first-order valence-corrected chi connectivity index (χ1v) is 8.87. The van der Waals surface area contributed by atoms with Crippen LogP contribution in [0.4, 0.5) is 0 Å². The van der Waals surface area contributed by atoms with Crippen molar-refractivity contribution in [1.29, 1.82) is 0 Å². The number of hydrogen-bond donors (Lipinski definition) is 0. The Bertz CT molecular complexity index is 456. The summed E-state index contributed by atoms with van der Waals surface area (Å²) in [6, 6.07) is 3.84.